The van der Waals surface area contributed by atoms with E-state index in [0.29, 0.717) is 5.41 Å². The Balaban J connectivity index is 2.11. The van der Waals surface area contributed by atoms with Crippen LogP contribution in [-0.2, 0) is 6.54 Å². The zero-order valence-corrected chi connectivity index (χ0v) is 13.5. The second-order valence-electron chi connectivity index (χ2n) is 5.83. The summed E-state index contributed by atoms with van der Waals surface area (Å²) in [5, 5.41) is -0.100. The third-order valence-corrected chi connectivity index (χ3v) is 4.67. The molecule has 3 rings (SSSR count). The fraction of sp³-hybridized carbons (Fsp3) is 0.571. The lowest BCUT2D eigenvalue weighted by Gasteiger charge is -2.39. The normalized spacial score (nSPS) is 19.4. The van der Waals surface area contributed by atoms with Gasteiger partial charge < -0.3 is 4.57 Å². The summed E-state index contributed by atoms with van der Waals surface area (Å²) in [6.07, 6.45) is 5.71. The van der Waals surface area contributed by atoms with Crippen molar-refractivity contribution in [3.8, 4) is 0 Å². The highest BCUT2D eigenvalue weighted by Gasteiger charge is 2.33. The maximum absolute atomic E-state index is 6.29. The zero-order chi connectivity index (χ0) is 13.6. The Kier molecular flexibility index (Phi) is 3.34. The lowest BCUT2D eigenvalue weighted by molar-refractivity contribution is 0.132. The van der Waals surface area contributed by atoms with E-state index < -0.39 is 0 Å². The highest BCUT2D eigenvalue weighted by molar-refractivity contribution is 9.10. The second kappa shape index (κ2) is 4.74. The van der Waals surface area contributed by atoms with E-state index in [9.17, 15) is 0 Å². The van der Waals surface area contributed by atoms with E-state index >= 15 is 0 Å². The quantitative estimate of drug-likeness (QED) is 0.758. The molecule has 0 bridgehead atoms. The highest BCUT2D eigenvalue weighted by Crippen LogP contribution is 2.43. The number of nitrogens with zero attached hydrogens (tertiary/aromatic N) is 3. The molecule has 0 radical (unpaired) electrons. The van der Waals surface area contributed by atoms with Gasteiger partial charge in [-0.3, -0.25) is 0 Å². The summed E-state index contributed by atoms with van der Waals surface area (Å²) in [6, 6.07) is 2.00. The number of hydrogen-bond donors (Lipinski definition) is 0. The van der Waals surface area contributed by atoms with Crippen molar-refractivity contribution in [2.45, 2.75) is 45.0 Å². The van der Waals surface area contributed by atoms with Crippen LogP contribution in [-0.4, -0.2) is 14.5 Å². The van der Waals surface area contributed by atoms with E-state index in [1.54, 1.807) is 0 Å². The predicted octanol–water partition coefficient (Wildman–Crippen LogP) is 4.68. The molecule has 0 N–H and O–H groups in total. The first-order valence-electron chi connectivity index (χ1n) is 6.64. The topological polar surface area (TPSA) is 30.7 Å². The third-order valence-electron chi connectivity index (χ3n) is 4.04. The molecule has 2 aromatic rings. The van der Waals surface area contributed by atoms with Crippen LogP contribution in [0.3, 0.4) is 0 Å². The molecule has 5 heteroatoms. The summed E-state index contributed by atoms with van der Waals surface area (Å²) in [5.41, 5.74) is 2.24. The van der Waals surface area contributed by atoms with E-state index in [2.05, 4.69) is 37.4 Å². The number of pyridine rings is 1. The number of fused-ring (bicyclic) bond motifs is 1. The monoisotopic (exact) mass is 341 g/mol. The smallest absolute Gasteiger partial charge is 0.160 e. The summed E-state index contributed by atoms with van der Waals surface area (Å²) in [5.74, 6) is 0.926. The standard InChI is InChI=1S/C14H17BrClN3/c1-9(16)12-18-11-6-10(15)7-17-13(11)19(12)8-14(2)4-3-5-14/h6-7,9H,3-5,8H2,1-2H3. The van der Waals surface area contributed by atoms with Crippen LogP contribution >= 0.6 is 27.5 Å². The molecule has 2 heterocycles. The number of rotatable bonds is 3. The Bertz CT molecular complexity index is 616. The van der Waals surface area contributed by atoms with Crippen molar-refractivity contribution in [2.75, 3.05) is 0 Å². The average molecular weight is 343 g/mol. The minimum Gasteiger partial charge on any atom is -0.311 e. The van der Waals surface area contributed by atoms with Crippen molar-refractivity contribution in [2.24, 2.45) is 5.41 Å². The first-order chi connectivity index (χ1) is 8.98. The molecule has 19 heavy (non-hydrogen) atoms. The minimum absolute atomic E-state index is 0.100. The van der Waals surface area contributed by atoms with Crippen molar-refractivity contribution >= 4 is 38.7 Å². The molecule has 0 aliphatic heterocycles. The summed E-state index contributed by atoms with van der Waals surface area (Å²) < 4.78 is 3.16. The summed E-state index contributed by atoms with van der Waals surface area (Å²) in [6.45, 7) is 5.27. The fourth-order valence-corrected chi connectivity index (χ4v) is 3.27. The van der Waals surface area contributed by atoms with E-state index in [1.807, 2.05) is 19.2 Å². The van der Waals surface area contributed by atoms with Gasteiger partial charge in [-0.2, -0.15) is 0 Å². The van der Waals surface area contributed by atoms with Gasteiger partial charge in [0.2, 0.25) is 0 Å². The van der Waals surface area contributed by atoms with Gasteiger partial charge in [0.15, 0.2) is 5.65 Å². The Morgan fingerprint density at radius 1 is 1.53 bits per heavy atom. The first kappa shape index (κ1) is 13.4. The summed E-state index contributed by atoms with van der Waals surface area (Å²) in [7, 11) is 0. The number of halogens is 2. The molecule has 0 amide bonds. The van der Waals surface area contributed by atoms with Gasteiger partial charge in [-0.15, -0.1) is 11.6 Å². The Morgan fingerprint density at radius 2 is 2.26 bits per heavy atom. The van der Waals surface area contributed by atoms with Crippen molar-refractivity contribution in [3.05, 3.63) is 22.6 Å². The highest BCUT2D eigenvalue weighted by atomic mass is 79.9. The van der Waals surface area contributed by atoms with E-state index in [-0.39, 0.29) is 5.38 Å². The number of aromatic nitrogens is 3. The molecule has 2 aromatic heterocycles. The summed E-state index contributed by atoms with van der Waals surface area (Å²) >= 11 is 9.73. The van der Waals surface area contributed by atoms with Crippen molar-refractivity contribution in [1.29, 1.82) is 0 Å². The van der Waals surface area contributed by atoms with Crippen LogP contribution in [0.4, 0.5) is 0 Å². The van der Waals surface area contributed by atoms with Crippen molar-refractivity contribution in [3.63, 3.8) is 0 Å². The first-order valence-corrected chi connectivity index (χ1v) is 7.87. The van der Waals surface area contributed by atoms with Gasteiger partial charge in [-0.05, 0) is 47.2 Å². The third kappa shape index (κ3) is 2.40. The molecule has 1 saturated carbocycles. The van der Waals surface area contributed by atoms with Gasteiger partial charge in [-0.1, -0.05) is 13.3 Å². The molecule has 1 aliphatic carbocycles. The molecule has 1 fully saturated rings. The minimum atomic E-state index is -0.100. The molecule has 102 valence electrons. The maximum atomic E-state index is 6.29. The van der Waals surface area contributed by atoms with Crippen molar-refractivity contribution < 1.29 is 0 Å². The van der Waals surface area contributed by atoms with Crippen LogP contribution in [0.15, 0.2) is 16.7 Å². The molecular weight excluding hydrogens is 326 g/mol. The number of hydrogen-bond acceptors (Lipinski definition) is 2. The van der Waals surface area contributed by atoms with Crippen LogP contribution in [0.5, 0.6) is 0 Å². The van der Waals surface area contributed by atoms with Gasteiger partial charge >= 0.3 is 0 Å². The number of alkyl halides is 1. The molecule has 1 unspecified atom stereocenters. The van der Waals surface area contributed by atoms with Crippen molar-refractivity contribution in [1.82, 2.24) is 14.5 Å². The summed E-state index contributed by atoms with van der Waals surface area (Å²) in [4.78, 5) is 9.18. The SMILES string of the molecule is CC(Cl)c1nc2cc(Br)cnc2n1CC1(C)CCC1. The molecule has 1 atom stereocenters. The Morgan fingerprint density at radius 3 is 2.84 bits per heavy atom. The Labute approximate surface area is 126 Å². The molecule has 0 saturated heterocycles. The second-order valence-corrected chi connectivity index (χ2v) is 7.40. The van der Waals surface area contributed by atoms with Gasteiger partial charge in [0.25, 0.3) is 0 Å². The largest absolute Gasteiger partial charge is 0.311 e. The van der Waals surface area contributed by atoms with Crippen LogP contribution in [0.2, 0.25) is 0 Å². The van der Waals surface area contributed by atoms with Gasteiger partial charge in [0, 0.05) is 17.2 Å². The molecule has 0 spiro atoms. The average Bonchev–Trinajstić information content (AvgIpc) is 2.65. The van der Waals surface area contributed by atoms with Crippen LogP contribution < -0.4 is 0 Å². The van der Waals surface area contributed by atoms with Gasteiger partial charge in [-0.25, -0.2) is 9.97 Å². The maximum Gasteiger partial charge on any atom is 0.160 e. The van der Waals surface area contributed by atoms with E-state index in [0.717, 1.165) is 28.0 Å². The molecule has 1 aliphatic rings. The Hall–Kier alpha value is -0.610. The van der Waals surface area contributed by atoms with Crippen LogP contribution in [0.1, 0.15) is 44.3 Å². The van der Waals surface area contributed by atoms with Crippen LogP contribution in [0, 0.1) is 5.41 Å². The lowest BCUT2D eigenvalue weighted by Crippen LogP contribution is -2.31. The van der Waals surface area contributed by atoms with E-state index in [1.165, 1.54) is 19.3 Å². The molecule has 3 nitrogen and oxygen atoms in total. The van der Waals surface area contributed by atoms with Gasteiger partial charge in [0.1, 0.15) is 11.3 Å². The fourth-order valence-electron chi connectivity index (χ4n) is 2.78. The van der Waals surface area contributed by atoms with Crippen LogP contribution in [0.25, 0.3) is 11.2 Å². The lowest BCUT2D eigenvalue weighted by atomic mass is 9.70. The zero-order valence-electron chi connectivity index (χ0n) is 11.2. The predicted molar refractivity (Wildman–Crippen MR) is 81.5 cm³/mol. The molecule has 0 aromatic carbocycles. The molecular formula is C14H17BrClN3. The van der Waals surface area contributed by atoms with E-state index in [4.69, 9.17) is 11.6 Å². The number of imidazole rings is 1. The van der Waals surface area contributed by atoms with Gasteiger partial charge in [0.05, 0.1) is 5.38 Å².